The molecule has 0 heterocycles. The first kappa shape index (κ1) is 15.8. The number of rotatable bonds is 5. The third-order valence-electron chi connectivity index (χ3n) is 2.10. The zero-order valence-electron chi connectivity index (χ0n) is 10.4. The summed E-state index contributed by atoms with van der Waals surface area (Å²) in [5.74, 6) is -0.322. The quantitative estimate of drug-likeness (QED) is 0.904. The SMILES string of the molecule is C[C@H](COc1ccccc1C(F)(F)F)NS(C)(=O)=O. The first-order valence-corrected chi connectivity index (χ1v) is 7.25. The van der Waals surface area contributed by atoms with Crippen LogP contribution in [0.4, 0.5) is 13.2 Å². The number of benzene rings is 1. The van der Waals surface area contributed by atoms with Crippen LogP contribution in [0.3, 0.4) is 0 Å². The van der Waals surface area contributed by atoms with Crippen molar-refractivity contribution in [2.45, 2.75) is 19.1 Å². The minimum absolute atomic E-state index is 0.194. The van der Waals surface area contributed by atoms with Crippen LogP contribution in [0.1, 0.15) is 12.5 Å². The van der Waals surface area contributed by atoms with Gasteiger partial charge in [0.15, 0.2) is 0 Å². The molecule has 0 aromatic heterocycles. The summed E-state index contributed by atoms with van der Waals surface area (Å²) in [4.78, 5) is 0. The maximum absolute atomic E-state index is 12.7. The molecule has 1 aromatic carbocycles. The van der Waals surface area contributed by atoms with Gasteiger partial charge in [0.2, 0.25) is 10.0 Å². The van der Waals surface area contributed by atoms with Crippen LogP contribution in [0.2, 0.25) is 0 Å². The summed E-state index contributed by atoms with van der Waals surface area (Å²) in [5, 5.41) is 0. The number of halogens is 3. The van der Waals surface area contributed by atoms with Crippen molar-refractivity contribution in [1.82, 2.24) is 4.72 Å². The van der Waals surface area contributed by atoms with E-state index in [9.17, 15) is 21.6 Å². The van der Waals surface area contributed by atoms with Crippen molar-refractivity contribution in [2.75, 3.05) is 12.9 Å². The molecule has 0 unspecified atom stereocenters. The maximum Gasteiger partial charge on any atom is 0.419 e. The molecule has 1 aromatic rings. The summed E-state index contributed by atoms with van der Waals surface area (Å²) >= 11 is 0. The van der Waals surface area contributed by atoms with E-state index in [-0.39, 0.29) is 12.4 Å². The smallest absolute Gasteiger partial charge is 0.419 e. The Morgan fingerprint density at radius 1 is 1.32 bits per heavy atom. The van der Waals surface area contributed by atoms with Crippen LogP contribution < -0.4 is 9.46 Å². The molecule has 0 saturated heterocycles. The lowest BCUT2D eigenvalue weighted by Gasteiger charge is -2.17. The number of hydrogen-bond acceptors (Lipinski definition) is 3. The van der Waals surface area contributed by atoms with Crippen molar-refractivity contribution < 1.29 is 26.3 Å². The predicted molar refractivity (Wildman–Crippen MR) is 64.4 cm³/mol. The van der Waals surface area contributed by atoms with E-state index >= 15 is 0 Å². The summed E-state index contributed by atoms with van der Waals surface area (Å²) in [5.41, 5.74) is -0.887. The van der Waals surface area contributed by atoms with Crippen LogP contribution in [-0.4, -0.2) is 27.3 Å². The minimum Gasteiger partial charge on any atom is -0.491 e. The predicted octanol–water partition coefficient (Wildman–Crippen LogP) is 2.02. The van der Waals surface area contributed by atoms with Gasteiger partial charge in [-0.25, -0.2) is 13.1 Å². The highest BCUT2D eigenvalue weighted by molar-refractivity contribution is 7.88. The fraction of sp³-hybridized carbons (Fsp3) is 0.455. The van der Waals surface area contributed by atoms with E-state index in [0.29, 0.717) is 0 Å². The van der Waals surface area contributed by atoms with Gasteiger partial charge in [-0.2, -0.15) is 13.2 Å². The number of alkyl halides is 3. The van der Waals surface area contributed by atoms with Crippen molar-refractivity contribution in [1.29, 1.82) is 0 Å². The lowest BCUT2D eigenvalue weighted by molar-refractivity contribution is -0.139. The number of sulfonamides is 1. The second kappa shape index (κ2) is 5.79. The van der Waals surface area contributed by atoms with E-state index in [2.05, 4.69) is 4.72 Å². The summed E-state index contributed by atoms with van der Waals surface area (Å²) in [6, 6.07) is 4.14. The minimum atomic E-state index is -4.51. The monoisotopic (exact) mass is 297 g/mol. The maximum atomic E-state index is 12.7. The van der Waals surface area contributed by atoms with Gasteiger partial charge in [-0.15, -0.1) is 0 Å². The number of para-hydroxylation sites is 1. The molecule has 1 atom stereocenters. The number of hydrogen-bond donors (Lipinski definition) is 1. The van der Waals surface area contributed by atoms with Gasteiger partial charge in [0.05, 0.1) is 17.9 Å². The first-order valence-electron chi connectivity index (χ1n) is 5.36. The number of nitrogens with one attached hydrogen (secondary N) is 1. The van der Waals surface area contributed by atoms with E-state index in [0.717, 1.165) is 12.3 Å². The van der Waals surface area contributed by atoms with E-state index in [1.807, 2.05) is 0 Å². The Balaban J connectivity index is 2.74. The topological polar surface area (TPSA) is 55.4 Å². The summed E-state index contributed by atoms with van der Waals surface area (Å²) in [6.45, 7) is 1.30. The zero-order valence-corrected chi connectivity index (χ0v) is 11.2. The van der Waals surface area contributed by atoms with Gasteiger partial charge in [-0.1, -0.05) is 12.1 Å². The molecule has 4 nitrogen and oxygen atoms in total. The van der Waals surface area contributed by atoms with Crippen LogP contribution in [-0.2, 0) is 16.2 Å². The van der Waals surface area contributed by atoms with Gasteiger partial charge >= 0.3 is 6.18 Å². The fourth-order valence-electron chi connectivity index (χ4n) is 1.44. The van der Waals surface area contributed by atoms with E-state index in [1.165, 1.54) is 25.1 Å². The lowest BCUT2D eigenvalue weighted by Crippen LogP contribution is -2.36. The van der Waals surface area contributed by atoms with Gasteiger partial charge in [-0.3, -0.25) is 0 Å². The van der Waals surface area contributed by atoms with Crippen molar-refractivity contribution in [3.8, 4) is 5.75 Å². The van der Waals surface area contributed by atoms with E-state index in [1.54, 1.807) is 0 Å². The van der Waals surface area contributed by atoms with Gasteiger partial charge in [0, 0.05) is 0 Å². The summed E-state index contributed by atoms with van der Waals surface area (Å²) < 4.78 is 67.1. The number of ether oxygens (including phenoxy) is 1. The van der Waals surface area contributed by atoms with Crippen LogP contribution >= 0.6 is 0 Å². The molecule has 1 N–H and O–H groups in total. The molecular formula is C11H14F3NO3S. The third-order valence-corrected chi connectivity index (χ3v) is 2.93. The van der Waals surface area contributed by atoms with Gasteiger partial charge in [0.25, 0.3) is 0 Å². The van der Waals surface area contributed by atoms with E-state index < -0.39 is 27.8 Å². The fourth-order valence-corrected chi connectivity index (χ4v) is 2.24. The second-order valence-corrected chi connectivity index (χ2v) is 5.88. The van der Waals surface area contributed by atoms with Crippen molar-refractivity contribution >= 4 is 10.0 Å². The Labute approximate surface area is 109 Å². The Kier molecular flexibility index (Phi) is 4.81. The van der Waals surface area contributed by atoms with E-state index in [4.69, 9.17) is 4.74 Å². The molecule has 108 valence electrons. The Hall–Kier alpha value is -1.28. The van der Waals surface area contributed by atoms with Crippen LogP contribution in [0.5, 0.6) is 5.75 Å². The molecule has 8 heteroatoms. The Morgan fingerprint density at radius 3 is 2.42 bits per heavy atom. The molecule has 0 aliphatic rings. The Bertz CT molecular complexity index is 528. The largest absolute Gasteiger partial charge is 0.491 e. The van der Waals surface area contributed by atoms with Gasteiger partial charge < -0.3 is 4.74 Å². The van der Waals surface area contributed by atoms with Gasteiger partial charge in [0.1, 0.15) is 12.4 Å². The highest BCUT2D eigenvalue weighted by Crippen LogP contribution is 2.35. The third kappa shape index (κ3) is 5.48. The first-order chi connectivity index (χ1) is 8.59. The van der Waals surface area contributed by atoms with Crippen LogP contribution in [0, 0.1) is 0 Å². The molecule has 0 radical (unpaired) electrons. The Morgan fingerprint density at radius 2 is 1.89 bits per heavy atom. The normalized spacial score (nSPS) is 14.2. The molecule has 0 aliphatic heterocycles. The van der Waals surface area contributed by atoms with Gasteiger partial charge in [-0.05, 0) is 19.1 Å². The molecule has 0 amide bonds. The lowest BCUT2D eigenvalue weighted by atomic mass is 10.2. The molecule has 0 fully saturated rings. The second-order valence-electron chi connectivity index (χ2n) is 4.10. The van der Waals surface area contributed by atoms with Crippen LogP contribution in [0.25, 0.3) is 0 Å². The molecule has 0 spiro atoms. The average Bonchev–Trinajstić information content (AvgIpc) is 2.23. The molecule has 0 aliphatic carbocycles. The average molecular weight is 297 g/mol. The van der Waals surface area contributed by atoms with Crippen molar-refractivity contribution in [3.63, 3.8) is 0 Å². The summed E-state index contributed by atoms with van der Waals surface area (Å²) in [6.07, 6.45) is -3.54. The molecule has 1 rings (SSSR count). The standard InChI is InChI=1S/C11H14F3NO3S/c1-8(15-19(2,16)17)7-18-10-6-4-3-5-9(10)11(12,13)14/h3-6,8,15H,7H2,1-2H3/t8-/m1/s1. The molecular weight excluding hydrogens is 283 g/mol. The molecule has 0 bridgehead atoms. The molecule has 0 saturated carbocycles. The highest BCUT2D eigenvalue weighted by Gasteiger charge is 2.34. The van der Waals surface area contributed by atoms with Crippen molar-refractivity contribution in [2.24, 2.45) is 0 Å². The zero-order chi connectivity index (χ0) is 14.7. The van der Waals surface area contributed by atoms with Crippen LogP contribution in [0.15, 0.2) is 24.3 Å². The highest BCUT2D eigenvalue weighted by atomic mass is 32.2. The summed E-state index contributed by atoms with van der Waals surface area (Å²) in [7, 11) is -3.42. The molecule has 19 heavy (non-hydrogen) atoms. The van der Waals surface area contributed by atoms with Crippen molar-refractivity contribution in [3.05, 3.63) is 29.8 Å².